The number of aryl methyl sites for hydroxylation is 1. The third-order valence-electron chi connectivity index (χ3n) is 3.48. The van der Waals surface area contributed by atoms with Gasteiger partial charge in [-0.15, -0.1) is 0 Å². The van der Waals surface area contributed by atoms with E-state index in [9.17, 15) is 0 Å². The topological polar surface area (TPSA) is 29.9 Å². The number of hydrogen-bond acceptors (Lipinski definition) is 2. The van der Waals surface area contributed by atoms with E-state index in [1.165, 1.54) is 16.8 Å². The molecule has 0 fully saturated rings. The molecule has 1 N–H and O–H groups in total. The molecule has 0 saturated heterocycles. The van der Waals surface area contributed by atoms with Gasteiger partial charge in [-0.25, -0.2) is 0 Å². The summed E-state index contributed by atoms with van der Waals surface area (Å²) in [5.41, 5.74) is 4.85. The van der Waals surface area contributed by atoms with E-state index >= 15 is 0 Å². The lowest BCUT2D eigenvalue weighted by Crippen LogP contribution is -2.04. The van der Waals surface area contributed by atoms with Gasteiger partial charge in [-0.3, -0.25) is 4.68 Å². The monoisotopic (exact) mass is 277 g/mol. The molecule has 3 aromatic rings. The second-order valence-electron chi connectivity index (χ2n) is 5.15. The van der Waals surface area contributed by atoms with Crippen molar-refractivity contribution in [2.45, 2.75) is 13.0 Å². The van der Waals surface area contributed by atoms with Crippen LogP contribution in [0, 0.1) is 0 Å². The standard InChI is InChI=1S/C18H19N3/c1-21-12-11-17(20-21)14-19-18-10-6-5-9-16(18)13-15-7-3-2-4-8-15/h2-12,19H,13-14H2,1H3. The normalized spacial score (nSPS) is 10.5. The summed E-state index contributed by atoms with van der Waals surface area (Å²) in [4.78, 5) is 0. The van der Waals surface area contributed by atoms with Crippen LogP contribution in [0.2, 0.25) is 0 Å². The van der Waals surface area contributed by atoms with E-state index in [0.717, 1.165) is 18.7 Å². The SMILES string of the molecule is Cn1ccc(CNc2ccccc2Cc2ccccc2)n1. The van der Waals surface area contributed by atoms with Crippen molar-refractivity contribution in [2.75, 3.05) is 5.32 Å². The Labute approximate surface area is 125 Å². The van der Waals surface area contributed by atoms with Crippen molar-refractivity contribution >= 4 is 5.69 Å². The zero-order valence-corrected chi connectivity index (χ0v) is 12.2. The van der Waals surface area contributed by atoms with Crippen LogP contribution in [0.1, 0.15) is 16.8 Å². The molecule has 0 aliphatic rings. The Bertz CT molecular complexity index is 701. The Morgan fingerprint density at radius 1 is 0.952 bits per heavy atom. The average Bonchev–Trinajstić information content (AvgIpc) is 2.93. The highest BCUT2D eigenvalue weighted by atomic mass is 15.3. The number of para-hydroxylation sites is 1. The molecule has 0 unspecified atom stereocenters. The molecule has 0 amide bonds. The first-order chi connectivity index (χ1) is 10.3. The average molecular weight is 277 g/mol. The summed E-state index contributed by atoms with van der Waals surface area (Å²) in [5.74, 6) is 0. The molecule has 0 bridgehead atoms. The Hall–Kier alpha value is -2.55. The fourth-order valence-electron chi connectivity index (χ4n) is 2.41. The minimum atomic E-state index is 0.743. The van der Waals surface area contributed by atoms with Crippen molar-refractivity contribution in [2.24, 2.45) is 7.05 Å². The number of nitrogens with one attached hydrogen (secondary N) is 1. The summed E-state index contributed by atoms with van der Waals surface area (Å²) >= 11 is 0. The first-order valence-electron chi connectivity index (χ1n) is 7.15. The van der Waals surface area contributed by atoms with Crippen LogP contribution in [0.3, 0.4) is 0 Å². The minimum Gasteiger partial charge on any atom is -0.379 e. The highest BCUT2D eigenvalue weighted by Gasteiger charge is 2.04. The van der Waals surface area contributed by atoms with Crippen LogP contribution in [0.4, 0.5) is 5.69 Å². The van der Waals surface area contributed by atoms with Crippen molar-refractivity contribution in [3.05, 3.63) is 83.7 Å². The van der Waals surface area contributed by atoms with E-state index in [2.05, 4.69) is 65.0 Å². The van der Waals surface area contributed by atoms with Gasteiger partial charge in [0.15, 0.2) is 0 Å². The van der Waals surface area contributed by atoms with E-state index in [1.807, 2.05) is 24.0 Å². The van der Waals surface area contributed by atoms with Gasteiger partial charge in [-0.05, 0) is 29.7 Å². The molecule has 0 spiro atoms. The second kappa shape index (κ2) is 6.27. The number of aromatic nitrogens is 2. The van der Waals surface area contributed by atoms with Gasteiger partial charge in [0.1, 0.15) is 0 Å². The lowest BCUT2D eigenvalue weighted by atomic mass is 10.0. The first kappa shape index (κ1) is 13.4. The fourth-order valence-corrected chi connectivity index (χ4v) is 2.41. The molecular formula is C18H19N3. The molecule has 0 aliphatic carbocycles. The van der Waals surface area contributed by atoms with E-state index in [-0.39, 0.29) is 0 Å². The summed E-state index contributed by atoms with van der Waals surface area (Å²) in [6.45, 7) is 0.743. The van der Waals surface area contributed by atoms with Crippen LogP contribution in [0.5, 0.6) is 0 Å². The van der Waals surface area contributed by atoms with Crippen LogP contribution < -0.4 is 5.32 Å². The molecule has 2 aromatic carbocycles. The molecule has 21 heavy (non-hydrogen) atoms. The van der Waals surface area contributed by atoms with Gasteiger partial charge in [0.25, 0.3) is 0 Å². The summed E-state index contributed by atoms with van der Waals surface area (Å²) in [5, 5.41) is 7.88. The number of nitrogens with zero attached hydrogens (tertiary/aromatic N) is 2. The summed E-state index contributed by atoms with van der Waals surface area (Å²) in [6.07, 6.45) is 2.90. The molecule has 0 aliphatic heterocycles. The van der Waals surface area contributed by atoms with Gasteiger partial charge in [-0.2, -0.15) is 5.10 Å². The zero-order valence-electron chi connectivity index (χ0n) is 12.2. The zero-order chi connectivity index (χ0) is 14.5. The second-order valence-corrected chi connectivity index (χ2v) is 5.15. The number of benzene rings is 2. The molecule has 106 valence electrons. The smallest absolute Gasteiger partial charge is 0.0815 e. The number of hydrogen-bond donors (Lipinski definition) is 1. The molecule has 1 aromatic heterocycles. The lowest BCUT2D eigenvalue weighted by molar-refractivity contribution is 0.747. The van der Waals surface area contributed by atoms with E-state index in [0.29, 0.717) is 0 Å². The van der Waals surface area contributed by atoms with Crippen LogP contribution >= 0.6 is 0 Å². The van der Waals surface area contributed by atoms with Crippen LogP contribution in [-0.4, -0.2) is 9.78 Å². The summed E-state index contributed by atoms with van der Waals surface area (Å²) in [7, 11) is 1.94. The van der Waals surface area contributed by atoms with Crippen molar-refractivity contribution in [1.82, 2.24) is 9.78 Å². The van der Waals surface area contributed by atoms with Crippen LogP contribution in [-0.2, 0) is 20.0 Å². The van der Waals surface area contributed by atoms with Gasteiger partial charge in [-0.1, -0.05) is 48.5 Å². The van der Waals surface area contributed by atoms with E-state index < -0.39 is 0 Å². The molecular weight excluding hydrogens is 258 g/mol. The molecule has 0 radical (unpaired) electrons. The molecule has 3 nitrogen and oxygen atoms in total. The third kappa shape index (κ3) is 3.51. The Balaban J connectivity index is 1.73. The van der Waals surface area contributed by atoms with E-state index in [4.69, 9.17) is 0 Å². The molecule has 1 heterocycles. The predicted octanol–water partition coefficient (Wildman–Crippen LogP) is 3.62. The van der Waals surface area contributed by atoms with Gasteiger partial charge in [0.05, 0.1) is 12.2 Å². The minimum absolute atomic E-state index is 0.743. The van der Waals surface area contributed by atoms with Gasteiger partial charge >= 0.3 is 0 Å². The number of anilines is 1. The highest BCUT2D eigenvalue weighted by Crippen LogP contribution is 2.19. The Morgan fingerprint density at radius 3 is 2.48 bits per heavy atom. The predicted molar refractivity (Wildman–Crippen MR) is 86.2 cm³/mol. The van der Waals surface area contributed by atoms with Gasteiger partial charge < -0.3 is 5.32 Å². The van der Waals surface area contributed by atoms with Crippen molar-refractivity contribution < 1.29 is 0 Å². The Morgan fingerprint density at radius 2 is 1.71 bits per heavy atom. The maximum atomic E-state index is 4.39. The Kier molecular flexibility index (Phi) is 4.01. The van der Waals surface area contributed by atoms with Crippen molar-refractivity contribution in [1.29, 1.82) is 0 Å². The highest BCUT2D eigenvalue weighted by molar-refractivity contribution is 5.52. The maximum absolute atomic E-state index is 4.39. The quantitative estimate of drug-likeness (QED) is 0.772. The van der Waals surface area contributed by atoms with E-state index in [1.54, 1.807) is 0 Å². The molecule has 3 rings (SSSR count). The third-order valence-corrected chi connectivity index (χ3v) is 3.48. The van der Waals surface area contributed by atoms with Crippen molar-refractivity contribution in [3.63, 3.8) is 0 Å². The number of rotatable bonds is 5. The molecule has 3 heteroatoms. The summed E-state index contributed by atoms with van der Waals surface area (Å²) < 4.78 is 1.83. The van der Waals surface area contributed by atoms with Crippen LogP contribution in [0.15, 0.2) is 66.9 Å². The first-order valence-corrected chi connectivity index (χ1v) is 7.15. The molecule has 0 saturated carbocycles. The van der Waals surface area contributed by atoms with Gasteiger partial charge in [0.2, 0.25) is 0 Å². The lowest BCUT2D eigenvalue weighted by Gasteiger charge is -2.11. The molecule has 0 atom stereocenters. The fraction of sp³-hybridized carbons (Fsp3) is 0.167. The largest absolute Gasteiger partial charge is 0.379 e. The van der Waals surface area contributed by atoms with Crippen molar-refractivity contribution in [3.8, 4) is 0 Å². The van der Waals surface area contributed by atoms with Crippen LogP contribution in [0.25, 0.3) is 0 Å². The van der Waals surface area contributed by atoms with Gasteiger partial charge in [0, 0.05) is 18.9 Å². The maximum Gasteiger partial charge on any atom is 0.0815 e. The summed E-state index contributed by atoms with van der Waals surface area (Å²) in [6, 6.07) is 21.0.